The molecule has 2 aromatic carbocycles. The van der Waals surface area contributed by atoms with Crippen molar-refractivity contribution in [3.05, 3.63) is 54.1 Å². The van der Waals surface area contributed by atoms with Gasteiger partial charge in [-0.15, -0.1) is 0 Å². The number of thiocarbonyl (C=S) groups is 1. The smallest absolute Gasteiger partial charge is 0.257 e. The fourth-order valence-corrected chi connectivity index (χ4v) is 2.76. The van der Waals surface area contributed by atoms with Crippen LogP contribution in [-0.2, 0) is 9.59 Å². The number of hydrazine groups is 1. The summed E-state index contributed by atoms with van der Waals surface area (Å²) in [5.74, 6) is 0.582. The first-order chi connectivity index (χ1) is 16.3. The minimum Gasteiger partial charge on any atom is -0.494 e. The van der Waals surface area contributed by atoms with Gasteiger partial charge in [0.1, 0.15) is 11.5 Å². The van der Waals surface area contributed by atoms with Crippen molar-refractivity contribution < 1.29 is 23.9 Å². The van der Waals surface area contributed by atoms with Crippen LogP contribution < -0.4 is 31.0 Å². The van der Waals surface area contributed by atoms with Gasteiger partial charge in [-0.1, -0.05) is 13.8 Å². The molecule has 0 saturated heterocycles. The topological polar surface area (TPSA) is 118 Å². The van der Waals surface area contributed by atoms with E-state index < -0.39 is 11.8 Å². The maximum Gasteiger partial charge on any atom is 0.257 e. The monoisotopic (exact) mass is 486 g/mol. The fourth-order valence-electron chi connectivity index (χ4n) is 2.61. The number of hydrogen-bond acceptors (Lipinski definition) is 6. The molecule has 0 saturated carbocycles. The molecule has 0 fully saturated rings. The molecule has 0 aliphatic heterocycles. The summed E-state index contributed by atoms with van der Waals surface area (Å²) < 4.78 is 10.9. The number of carbonyl (C=O) groups excluding carboxylic acids is 3. The standard InChI is InChI=1S/C24H30N4O5S/c1-4-32-19-11-7-18(8-12-19)25-21(29)13-14-22(30)27-28-24(34)26-23(31)17-5-9-20(10-6-17)33-15-16(2)3/h5-12,16H,4,13-15H2,1-3H3,(H,25,29)(H,27,30)(H2,26,28,31,34). The van der Waals surface area contributed by atoms with Gasteiger partial charge in [-0.2, -0.15) is 0 Å². The lowest BCUT2D eigenvalue weighted by Gasteiger charge is -2.12. The van der Waals surface area contributed by atoms with Crippen LogP contribution in [-0.4, -0.2) is 36.0 Å². The number of rotatable bonds is 10. The molecule has 2 aromatic rings. The Balaban J connectivity index is 1.67. The van der Waals surface area contributed by atoms with Gasteiger partial charge in [0, 0.05) is 24.1 Å². The molecule has 0 spiro atoms. The highest BCUT2D eigenvalue weighted by atomic mass is 32.1. The highest BCUT2D eigenvalue weighted by Crippen LogP contribution is 2.16. The number of amides is 3. The maximum atomic E-state index is 12.3. The van der Waals surface area contributed by atoms with Crippen LogP contribution in [0.5, 0.6) is 11.5 Å². The molecule has 0 aliphatic carbocycles. The third-order valence-corrected chi connectivity index (χ3v) is 4.47. The van der Waals surface area contributed by atoms with Crippen LogP contribution in [0, 0.1) is 5.92 Å². The number of hydrogen-bond donors (Lipinski definition) is 4. The Bertz CT molecular complexity index is 978. The zero-order chi connectivity index (χ0) is 24.9. The first kappa shape index (κ1) is 26.6. The highest BCUT2D eigenvalue weighted by molar-refractivity contribution is 7.80. The van der Waals surface area contributed by atoms with Gasteiger partial charge in [-0.25, -0.2) is 0 Å². The number of ether oxygens (including phenoxy) is 2. The van der Waals surface area contributed by atoms with Crippen molar-refractivity contribution in [1.29, 1.82) is 0 Å². The highest BCUT2D eigenvalue weighted by Gasteiger charge is 2.11. The molecule has 0 aliphatic rings. The molecular formula is C24H30N4O5S. The normalized spacial score (nSPS) is 10.2. The van der Waals surface area contributed by atoms with E-state index in [1.807, 2.05) is 20.8 Å². The van der Waals surface area contributed by atoms with Crippen LogP contribution in [0.2, 0.25) is 0 Å². The van der Waals surface area contributed by atoms with Gasteiger partial charge >= 0.3 is 0 Å². The van der Waals surface area contributed by atoms with E-state index in [2.05, 4.69) is 21.5 Å². The molecule has 10 heteroatoms. The Morgan fingerprint density at radius 2 is 1.44 bits per heavy atom. The molecule has 182 valence electrons. The largest absolute Gasteiger partial charge is 0.494 e. The van der Waals surface area contributed by atoms with Gasteiger partial charge < -0.3 is 14.8 Å². The Morgan fingerprint density at radius 1 is 0.853 bits per heavy atom. The molecule has 0 bridgehead atoms. The zero-order valence-electron chi connectivity index (χ0n) is 19.5. The predicted molar refractivity (Wildman–Crippen MR) is 134 cm³/mol. The molecular weight excluding hydrogens is 456 g/mol. The van der Waals surface area contributed by atoms with Crippen molar-refractivity contribution in [2.75, 3.05) is 18.5 Å². The molecule has 2 rings (SSSR count). The van der Waals surface area contributed by atoms with Crippen LogP contribution in [0.15, 0.2) is 48.5 Å². The van der Waals surface area contributed by atoms with Crippen molar-refractivity contribution >= 4 is 40.7 Å². The molecule has 9 nitrogen and oxygen atoms in total. The summed E-state index contributed by atoms with van der Waals surface area (Å²) in [7, 11) is 0. The van der Waals surface area contributed by atoms with Gasteiger partial charge in [0.05, 0.1) is 13.2 Å². The Hall–Kier alpha value is -3.66. The minimum atomic E-state index is -0.454. The summed E-state index contributed by atoms with van der Waals surface area (Å²) >= 11 is 5.02. The summed E-state index contributed by atoms with van der Waals surface area (Å²) in [6, 6.07) is 13.6. The Kier molecular flexibility index (Phi) is 10.8. The van der Waals surface area contributed by atoms with Crippen LogP contribution >= 0.6 is 12.2 Å². The van der Waals surface area contributed by atoms with Crippen LogP contribution in [0.4, 0.5) is 5.69 Å². The molecule has 3 amide bonds. The van der Waals surface area contributed by atoms with E-state index in [9.17, 15) is 14.4 Å². The summed E-state index contributed by atoms with van der Waals surface area (Å²) in [6.45, 7) is 7.13. The average molecular weight is 487 g/mol. The zero-order valence-corrected chi connectivity index (χ0v) is 20.3. The van der Waals surface area contributed by atoms with Crippen molar-refractivity contribution in [3.8, 4) is 11.5 Å². The van der Waals surface area contributed by atoms with Crippen LogP contribution in [0.25, 0.3) is 0 Å². The van der Waals surface area contributed by atoms with E-state index in [1.165, 1.54) is 0 Å². The second-order valence-corrected chi connectivity index (χ2v) is 8.10. The van der Waals surface area contributed by atoms with Crippen molar-refractivity contribution in [2.24, 2.45) is 5.92 Å². The number of nitrogens with one attached hydrogen (secondary N) is 4. The summed E-state index contributed by atoms with van der Waals surface area (Å²) in [5, 5.41) is 5.10. The Labute approximate surface area is 204 Å². The van der Waals surface area contributed by atoms with Crippen molar-refractivity contribution in [2.45, 2.75) is 33.6 Å². The molecule has 0 atom stereocenters. The van der Waals surface area contributed by atoms with E-state index in [0.29, 0.717) is 41.9 Å². The molecule has 0 unspecified atom stereocenters. The molecule has 0 radical (unpaired) electrons. The lowest BCUT2D eigenvalue weighted by Crippen LogP contribution is -2.48. The first-order valence-electron chi connectivity index (χ1n) is 10.9. The summed E-state index contributed by atoms with van der Waals surface area (Å²) in [5.41, 5.74) is 5.80. The molecule has 0 heterocycles. The van der Waals surface area contributed by atoms with Crippen LogP contribution in [0.1, 0.15) is 44.0 Å². The third kappa shape index (κ3) is 9.86. The van der Waals surface area contributed by atoms with E-state index >= 15 is 0 Å². The molecule has 4 N–H and O–H groups in total. The minimum absolute atomic E-state index is 0.0227. The number of anilines is 1. The van der Waals surface area contributed by atoms with E-state index in [4.69, 9.17) is 21.7 Å². The van der Waals surface area contributed by atoms with Gasteiger partial charge in [0.15, 0.2) is 5.11 Å². The maximum absolute atomic E-state index is 12.3. The Morgan fingerprint density at radius 3 is 2.06 bits per heavy atom. The van der Waals surface area contributed by atoms with Crippen molar-refractivity contribution in [1.82, 2.24) is 16.2 Å². The third-order valence-electron chi connectivity index (χ3n) is 4.27. The predicted octanol–water partition coefficient (Wildman–Crippen LogP) is 3.17. The SMILES string of the molecule is CCOc1ccc(NC(=O)CCC(=O)NNC(=S)NC(=O)c2ccc(OCC(C)C)cc2)cc1. The van der Waals surface area contributed by atoms with E-state index in [0.717, 1.165) is 0 Å². The van der Waals surface area contributed by atoms with Crippen molar-refractivity contribution in [3.63, 3.8) is 0 Å². The number of carbonyl (C=O) groups is 3. The summed E-state index contributed by atoms with van der Waals surface area (Å²) in [6.07, 6.45) is -0.0880. The first-order valence-corrected chi connectivity index (χ1v) is 11.3. The lowest BCUT2D eigenvalue weighted by molar-refractivity contribution is -0.124. The van der Waals surface area contributed by atoms with Gasteiger partial charge in [-0.3, -0.25) is 30.6 Å². The fraction of sp³-hybridized carbons (Fsp3) is 0.333. The molecule has 0 aromatic heterocycles. The number of benzene rings is 2. The lowest BCUT2D eigenvalue weighted by atomic mass is 10.2. The quantitative estimate of drug-likeness (QED) is 0.301. The van der Waals surface area contributed by atoms with Gasteiger partial charge in [-0.05, 0) is 73.6 Å². The molecule has 34 heavy (non-hydrogen) atoms. The van der Waals surface area contributed by atoms with Gasteiger partial charge in [0.25, 0.3) is 5.91 Å². The average Bonchev–Trinajstić information content (AvgIpc) is 2.81. The van der Waals surface area contributed by atoms with Gasteiger partial charge in [0.2, 0.25) is 11.8 Å². The second-order valence-electron chi connectivity index (χ2n) is 7.69. The van der Waals surface area contributed by atoms with Crippen LogP contribution in [0.3, 0.4) is 0 Å². The second kappa shape index (κ2) is 13.8. The van der Waals surface area contributed by atoms with E-state index in [-0.39, 0.29) is 23.9 Å². The summed E-state index contributed by atoms with van der Waals surface area (Å²) in [4.78, 5) is 36.3. The van der Waals surface area contributed by atoms with E-state index in [1.54, 1.807) is 48.5 Å².